The summed E-state index contributed by atoms with van der Waals surface area (Å²) in [5, 5.41) is 0. The normalized spacial score (nSPS) is 36.5. The van der Waals surface area contributed by atoms with Crippen molar-refractivity contribution in [3.8, 4) is 0 Å². The summed E-state index contributed by atoms with van der Waals surface area (Å²) >= 11 is 0. The first-order valence-corrected chi connectivity index (χ1v) is 13.7. The van der Waals surface area contributed by atoms with Crippen molar-refractivity contribution < 1.29 is 9.59 Å². The minimum atomic E-state index is -0.0264. The number of benzene rings is 1. The number of rotatable bonds is 4. The summed E-state index contributed by atoms with van der Waals surface area (Å²) in [6, 6.07) is 9.67. The van der Waals surface area contributed by atoms with Crippen molar-refractivity contribution in [2.45, 2.75) is 98.4 Å². The van der Waals surface area contributed by atoms with Gasteiger partial charge < -0.3 is 4.90 Å². The molecule has 35 heavy (non-hydrogen) atoms. The zero-order valence-corrected chi connectivity index (χ0v) is 22.8. The van der Waals surface area contributed by atoms with Crippen molar-refractivity contribution in [3.05, 3.63) is 52.6 Å². The first-order valence-electron chi connectivity index (χ1n) is 13.7. The molecule has 5 unspecified atom stereocenters. The fourth-order valence-electron chi connectivity index (χ4n) is 8.71. The van der Waals surface area contributed by atoms with Crippen LogP contribution in [0.5, 0.6) is 0 Å². The Morgan fingerprint density at radius 1 is 1.03 bits per heavy atom. The molecule has 0 aliphatic heterocycles. The zero-order valence-electron chi connectivity index (χ0n) is 22.8. The SMILES string of the molecule is CC(=O)C1CCC2(C)C3(C)CCC4=CC(=O)CCC4=C3C(c3ccc(N(C)C(C)C)cc3)CC12C. The number of carbonyl (C=O) groups excluding carboxylic acids is 2. The molecule has 0 spiro atoms. The number of allylic oxidation sites excluding steroid dienone is 4. The van der Waals surface area contributed by atoms with Gasteiger partial charge in [-0.25, -0.2) is 0 Å². The molecule has 2 saturated carbocycles. The molecule has 5 atom stereocenters. The van der Waals surface area contributed by atoms with Gasteiger partial charge in [-0.1, -0.05) is 38.5 Å². The van der Waals surface area contributed by atoms with E-state index in [0.29, 0.717) is 24.2 Å². The Morgan fingerprint density at radius 3 is 2.34 bits per heavy atom. The molecule has 1 aromatic carbocycles. The Morgan fingerprint density at radius 2 is 1.71 bits per heavy atom. The van der Waals surface area contributed by atoms with Crippen molar-refractivity contribution in [3.63, 3.8) is 0 Å². The second-order valence-corrected chi connectivity index (χ2v) is 12.9. The first kappa shape index (κ1) is 24.5. The van der Waals surface area contributed by atoms with Gasteiger partial charge in [0.25, 0.3) is 0 Å². The van der Waals surface area contributed by atoms with E-state index < -0.39 is 0 Å². The number of fused-ring (bicyclic) bond motifs is 4. The van der Waals surface area contributed by atoms with E-state index in [0.717, 1.165) is 38.5 Å². The molecule has 3 heteroatoms. The Balaban J connectivity index is 1.70. The fourth-order valence-corrected chi connectivity index (χ4v) is 8.71. The molecule has 0 N–H and O–H groups in total. The lowest BCUT2D eigenvalue weighted by Gasteiger charge is -2.64. The van der Waals surface area contributed by atoms with E-state index in [9.17, 15) is 9.59 Å². The van der Waals surface area contributed by atoms with E-state index in [1.54, 1.807) is 5.57 Å². The average Bonchev–Trinajstić information content (AvgIpc) is 3.10. The molecule has 4 aliphatic carbocycles. The lowest BCUT2D eigenvalue weighted by atomic mass is 9.39. The maximum atomic E-state index is 12.9. The second kappa shape index (κ2) is 8.18. The van der Waals surface area contributed by atoms with Gasteiger partial charge in [0.1, 0.15) is 5.78 Å². The van der Waals surface area contributed by atoms with Crippen molar-refractivity contribution in [2.75, 3.05) is 11.9 Å². The van der Waals surface area contributed by atoms with Crippen LogP contribution >= 0.6 is 0 Å². The van der Waals surface area contributed by atoms with E-state index in [1.165, 1.54) is 22.4 Å². The quantitative estimate of drug-likeness (QED) is 0.457. The number of hydrogen-bond acceptors (Lipinski definition) is 3. The summed E-state index contributed by atoms with van der Waals surface area (Å²) in [6.45, 7) is 13.7. The van der Waals surface area contributed by atoms with Gasteiger partial charge in [0, 0.05) is 37.0 Å². The number of carbonyl (C=O) groups is 2. The number of anilines is 1. The van der Waals surface area contributed by atoms with Crippen LogP contribution in [0.25, 0.3) is 0 Å². The molecule has 0 aromatic heterocycles. The Hall–Kier alpha value is -2.16. The van der Waals surface area contributed by atoms with Gasteiger partial charge >= 0.3 is 0 Å². The number of hydrogen-bond donors (Lipinski definition) is 0. The van der Waals surface area contributed by atoms with E-state index in [1.807, 2.05) is 13.0 Å². The molecule has 0 amide bonds. The molecule has 2 fully saturated rings. The maximum Gasteiger partial charge on any atom is 0.156 e. The summed E-state index contributed by atoms with van der Waals surface area (Å²) in [5.41, 5.74) is 7.07. The number of Topliss-reactive ketones (excluding diaryl/α,β-unsaturated/α-hetero) is 1. The molecular formula is C32H43NO2. The van der Waals surface area contributed by atoms with Crippen LogP contribution in [0.1, 0.15) is 98.0 Å². The van der Waals surface area contributed by atoms with Gasteiger partial charge in [0.05, 0.1) is 0 Å². The van der Waals surface area contributed by atoms with Gasteiger partial charge in [-0.2, -0.15) is 0 Å². The van der Waals surface area contributed by atoms with Crippen LogP contribution in [-0.4, -0.2) is 24.7 Å². The summed E-state index contributed by atoms with van der Waals surface area (Å²) < 4.78 is 0. The van der Waals surface area contributed by atoms with Crippen LogP contribution in [0.15, 0.2) is 47.1 Å². The third-order valence-electron chi connectivity index (χ3n) is 11.3. The van der Waals surface area contributed by atoms with Crippen molar-refractivity contribution >= 4 is 17.3 Å². The molecule has 3 nitrogen and oxygen atoms in total. The molecule has 0 radical (unpaired) electrons. The highest BCUT2D eigenvalue weighted by molar-refractivity contribution is 5.93. The van der Waals surface area contributed by atoms with Gasteiger partial charge in [-0.3, -0.25) is 9.59 Å². The molecule has 0 saturated heterocycles. The zero-order chi connectivity index (χ0) is 25.3. The topological polar surface area (TPSA) is 37.4 Å². The lowest BCUT2D eigenvalue weighted by Crippen LogP contribution is -2.56. The van der Waals surface area contributed by atoms with Crippen LogP contribution in [0.3, 0.4) is 0 Å². The van der Waals surface area contributed by atoms with Crippen LogP contribution in [0.2, 0.25) is 0 Å². The standard InChI is InChI=1S/C32H43NO2/c1-20(2)33(7)24-10-8-22(9-11-24)27-19-31(5)28(21(3)34)15-17-32(31,6)30(4)16-14-23-18-25(35)12-13-26(23)29(27)30/h8-11,18,20,27-28H,12-17,19H2,1-7H3. The number of nitrogens with zero attached hydrogens (tertiary/aromatic N) is 1. The van der Waals surface area contributed by atoms with E-state index in [4.69, 9.17) is 0 Å². The van der Waals surface area contributed by atoms with E-state index in [-0.39, 0.29) is 27.9 Å². The predicted molar refractivity (Wildman–Crippen MR) is 144 cm³/mol. The average molecular weight is 474 g/mol. The van der Waals surface area contributed by atoms with Crippen molar-refractivity contribution in [1.82, 2.24) is 0 Å². The third kappa shape index (κ3) is 3.36. The molecule has 0 heterocycles. The van der Waals surface area contributed by atoms with Gasteiger partial charge in [-0.05, 0) is 110 Å². The van der Waals surface area contributed by atoms with Crippen LogP contribution < -0.4 is 4.90 Å². The molecular weight excluding hydrogens is 430 g/mol. The monoisotopic (exact) mass is 473 g/mol. The summed E-state index contributed by atoms with van der Waals surface area (Å²) in [5.74, 6) is 1.08. The largest absolute Gasteiger partial charge is 0.372 e. The Bertz CT molecular complexity index is 1120. The number of ketones is 2. The Labute approximate surface area is 212 Å². The van der Waals surface area contributed by atoms with Gasteiger partial charge in [0.15, 0.2) is 5.78 Å². The highest BCUT2D eigenvalue weighted by Crippen LogP contribution is 2.76. The van der Waals surface area contributed by atoms with E-state index >= 15 is 0 Å². The lowest BCUT2D eigenvalue weighted by molar-refractivity contribution is -0.131. The van der Waals surface area contributed by atoms with E-state index in [2.05, 4.69) is 70.8 Å². The van der Waals surface area contributed by atoms with Crippen molar-refractivity contribution in [2.24, 2.45) is 22.2 Å². The summed E-state index contributed by atoms with van der Waals surface area (Å²) in [7, 11) is 2.15. The van der Waals surface area contributed by atoms with Crippen LogP contribution in [0.4, 0.5) is 5.69 Å². The highest BCUT2D eigenvalue weighted by Gasteiger charge is 2.68. The van der Waals surface area contributed by atoms with Gasteiger partial charge in [-0.15, -0.1) is 0 Å². The van der Waals surface area contributed by atoms with Crippen LogP contribution in [0, 0.1) is 22.2 Å². The fraction of sp³-hybridized carbons (Fsp3) is 0.625. The van der Waals surface area contributed by atoms with Gasteiger partial charge in [0.2, 0.25) is 0 Å². The second-order valence-electron chi connectivity index (χ2n) is 12.9. The Kier molecular flexibility index (Phi) is 5.73. The minimum absolute atomic E-state index is 0.0264. The molecule has 188 valence electrons. The summed E-state index contributed by atoms with van der Waals surface area (Å²) in [4.78, 5) is 27.6. The summed E-state index contributed by atoms with van der Waals surface area (Å²) in [6.07, 6.45) is 8.66. The maximum absolute atomic E-state index is 12.9. The predicted octanol–water partition coefficient (Wildman–Crippen LogP) is 7.42. The van der Waals surface area contributed by atoms with Crippen molar-refractivity contribution in [1.29, 1.82) is 0 Å². The highest BCUT2D eigenvalue weighted by atomic mass is 16.1. The smallest absolute Gasteiger partial charge is 0.156 e. The third-order valence-corrected chi connectivity index (χ3v) is 11.3. The van der Waals surface area contributed by atoms with Crippen LogP contribution in [-0.2, 0) is 9.59 Å². The minimum Gasteiger partial charge on any atom is -0.372 e. The molecule has 5 rings (SSSR count). The molecule has 4 aliphatic rings. The first-order chi connectivity index (χ1) is 16.4. The molecule has 0 bridgehead atoms. The molecule has 1 aromatic rings.